The largest absolute Gasteiger partial charge is 0.490 e. The number of pyridine rings is 1. The maximum Gasteiger partial charge on any atom is 0.320 e. The summed E-state index contributed by atoms with van der Waals surface area (Å²) < 4.78 is 6.26. The molecule has 7 nitrogen and oxygen atoms in total. The second kappa shape index (κ2) is 8.04. The Morgan fingerprint density at radius 1 is 1.21 bits per heavy atom. The van der Waals surface area contributed by atoms with E-state index in [0.29, 0.717) is 13.1 Å². The number of carbonyl (C=O) groups is 2. The van der Waals surface area contributed by atoms with Gasteiger partial charge in [0.1, 0.15) is 12.3 Å². The molecule has 2 aromatic rings. The van der Waals surface area contributed by atoms with Crippen LogP contribution in [0.15, 0.2) is 36.7 Å². The summed E-state index contributed by atoms with van der Waals surface area (Å²) in [6, 6.07) is 8.08. The molecule has 28 heavy (non-hydrogen) atoms. The number of aromatic nitrogens is 1. The van der Waals surface area contributed by atoms with Crippen molar-refractivity contribution < 1.29 is 14.3 Å². The highest BCUT2D eigenvalue weighted by Crippen LogP contribution is 2.29. The highest BCUT2D eigenvalue weighted by molar-refractivity contribution is 5.87. The molecule has 2 heterocycles. The van der Waals surface area contributed by atoms with Crippen molar-refractivity contribution in [1.29, 1.82) is 0 Å². The summed E-state index contributed by atoms with van der Waals surface area (Å²) >= 11 is 0. The lowest BCUT2D eigenvalue weighted by Gasteiger charge is -2.30. The predicted molar refractivity (Wildman–Crippen MR) is 106 cm³/mol. The average Bonchev–Trinajstić information content (AvgIpc) is 3.02. The number of benzene rings is 1. The van der Waals surface area contributed by atoms with Crippen LogP contribution in [0.25, 0.3) is 10.8 Å². The number of urea groups is 1. The van der Waals surface area contributed by atoms with E-state index in [-0.39, 0.29) is 30.6 Å². The minimum Gasteiger partial charge on any atom is -0.490 e. The van der Waals surface area contributed by atoms with Gasteiger partial charge in [-0.15, -0.1) is 0 Å². The Balaban J connectivity index is 1.26. The molecule has 0 spiro atoms. The van der Waals surface area contributed by atoms with Crippen molar-refractivity contribution >= 4 is 22.7 Å². The third-order valence-electron chi connectivity index (χ3n) is 5.61. The number of ether oxygens (including phenoxy) is 1. The highest BCUT2D eigenvalue weighted by atomic mass is 16.5. The van der Waals surface area contributed by atoms with Crippen molar-refractivity contribution in [2.24, 2.45) is 0 Å². The van der Waals surface area contributed by atoms with Gasteiger partial charge in [-0.2, -0.15) is 0 Å². The van der Waals surface area contributed by atoms with E-state index >= 15 is 0 Å². The predicted octanol–water partition coefficient (Wildman–Crippen LogP) is 2.41. The molecule has 1 aromatic heterocycles. The van der Waals surface area contributed by atoms with Gasteiger partial charge in [0.15, 0.2) is 0 Å². The molecule has 0 atom stereocenters. The highest BCUT2D eigenvalue weighted by Gasteiger charge is 2.29. The number of fused-ring (bicyclic) bond motifs is 1. The van der Waals surface area contributed by atoms with Gasteiger partial charge in [0.25, 0.3) is 0 Å². The van der Waals surface area contributed by atoms with Crippen molar-refractivity contribution in [2.75, 3.05) is 26.7 Å². The zero-order chi connectivity index (χ0) is 19.5. The van der Waals surface area contributed by atoms with E-state index in [4.69, 9.17) is 4.74 Å². The van der Waals surface area contributed by atoms with E-state index in [2.05, 4.69) is 10.3 Å². The van der Waals surface area contributed by atoms with Crippen LogP contribution in [0.1, 0.15) is 25.7 Å². The molecular weight excluding hydrogens is 356 g/mol. The van der Waals surface area contributed by atoms with Crippen molar-refractivity contribution in [3.8, 4) is 5.75 Å². The second-order valence-electron chi connectivity index (χ2n) is 7.64. The molecule has 1 N–H and O–H groups in total. The Bertz CT molecular complexity index is 858. The van der Waals surface area contributed by atoms with E-state index in [1.165, 1.54) is 0 Å². The summed E-state index contributed by atoms with van der Waals surface area (Å²) in [5.41, 5.74) is 0. The van der Waals surface area contributed by atoms with Crippen molar-refractivity contribution in [2.45, 2.75) is 37.8 Å². The lowest BCUT2D eigenvalue weighted by molar-refractivity contribution is -0.122. The van der Waals surface area contributed by atoms with Crippen LogP contribution < -0.4 is 10.1 Å². The summed E-state index contributed by atoms with van der Waals surface area (Å²) in [7, 11) is 1.76. The van der Waals surface area contributed by atoms with E-state index in [1.54, 1.807) is 23.0 Å². The van der Waals surface area contributed by atoms with Gasteiger partial charge in [0, 0.05) is 49.3 Å². The van der Waals surface area contributed by atoms with Crippen molar-refractivity contribution in [1.82, 2.24) is 20.1 Å². The molecule has 4 rings (SSSR count). The van der Waals surface area contributed by atoms with Crippen LogP contribution in [0.2, 0.25) is 0 Å². The maximum absolute atomic E-state index is 12.3. The first-order valence-electron chi connectivity index (χ1n) is 9.89. The monoisotopic (exact) mass is 382 g/mol. The maximum atomic E-state index is 12.3. The Kier molecular flexibility index (Phi) is 5.32. The second-order valence-corrected chi connectivity index (χ2v) is 7.64. The minimum atomic E-state index is -0.0745. The average molecular weight is 382 g/mol. The summed E-state index contributed by atoms with van der Waals surface area (Å²) in [5.74, 6) is 0.818. The summed E-state index contributed by atoms with van der Waals surface area (Å²) in [4.78, 5) is 31.6. The molecule has 7 heteroatoms. The van der Waals surface area contributed by atoms with Crippen LogP contribution in [0.5, 0.6) is 5.75 Å². The van der Waals surface area contributed by atoms with Gasteiger partial charge >= 0.3 is 6.03 Å². The molecule has 148 valence electrons. The topological polar surface area (TPSA) is 74.8 Å². The Hall–Kier alpha value is -2.83. The fourth-order valence-electron chi connectivity index (χ4n) is 4.00. The fraction of sp³-hybridized carbons (Fsp3) is 0.476. The van der Waals surface area contributed by atoms with Crippen LogP contribution in [-0.4, -0.2) is 65.5 Å². The molecule has 2 fully saturated rings. The summed E-state index contributed by atoms with van der Waals surface area (Å²) in [5, 5.41) is 5.23. The van der Waals surface area contributed by atoms with Crippen LogP contribution in [0.4, 0.5) is 4.79 Å². The Morgan fingerprint density at radius 3 is 2.79 bits per heavy atom. The van der Waals surface area contributed by atoms with Gasteiger partial charge < -0.3 is 19.9 Å². The molecule has 1 aliphatic heterocycles. The fourth-order valence-corrected chi connectivity index (χ4v) is 4.00. The number of hydrogen-bond acceptors (Lipinski definition) is 4. The van der Waals surface area contributed by atoms with Gasteiger partial charge in [0.2, 0.25) is 5.91 Å². The molecule has 0 bridgehead atoms. The smallest absolute Gasteiger partial charge is 0.320 e. The molecule has 0 unspecified atom stereocenters. The van der Waals surface area contributed by atoms with Gasteiger partial charge in [0.05, 0.1) is 6.10 Å². The number of likely N-dealkylation sites (N-methyl/N-ethyl adjacent to an activating group) is 1. The van der Waals surface area contributed by atoms with E-state index < -0.39 is 0 Å². The molecule has 1 aliphatic carbocycles. The quantitative estimate of drug-likeness (QED) is 0.862. The molecular formula is C21H26N4O3. The van der Waals surface area contributed by atoms with Crippen LogP contribution in [0.3, 0.4) is 0 Å². The SMILES string of the molecule is CN1CCN(CC(=O)NC2CCC(Oc3cccc4cnccc34)CC2)C1=O. The molecule has 2 aliphatic rings. The minimum absolute atomic E-state index is 0.0717. The van der Waals surface area contributed by atoms with Gasteiger partial charge in [-0.3, -0.25) is 9.78 Å². The third-order valence-corrected chi connectivity index (χ3v) is 5.61. The van der Waals surface area contributed by atoms with Crippen LogP contribution in [0, 0.1) is 0 Å². The third kappa shape index (κ3) is 4.03. The molecule has 1 saturated carbocycles. The van der Waals surface area contributed by atoms with E-state index in [0.717, 1.165) is 42.2 Å². The molecule has 0 radical (unpaired) electrons. The number of hydrogen-bond donors (Lipinski definition) is 1. The van der Waals surface area contributed by atoms with E-state index in [1.807, 2.05) is 30.5 Å². The molecule has 3 amide bonds. The van der Waals surface area contributed by atoms with Gasteiger partial charge in [-0.25, -0.2) is 4.79 Å². The van der Waals surface area contributed by atoms with Crippen LogP contribution in [-0.2, 0) is 4.79 Å². The number of nitrogens with one attached hydrogen (secondary N) is 1. The normalized spacial score (nSPS) is 22.5. The zero-order valence-electron chi connectivity index (χ0n) is 16.1. The Labute approximate surface area is 164 Å². The van der Waals surface area contributed by atoms with Crippen molar-refractivity contribution in [3.05, 3.63) is 36.7 Å². The van der Waals surface area contributed by atoms with Crippen LogP contribution >= 0.6 is 0 Å². The van der Waals surface area contributed by atoms with E-state index in [9.17, 15) is 9.59 Å². The van der Waals surface area contributed by atoms with Crippen molar-refractivity contribution in [3.63, 3.8) is 0 Å². The summed E-state index contributed by atoms with van der Waals surface area (Å²) in [6.45, 7) is 1.44. The zero-order valence-corrected chi connectivity index (χ0v) is 16.1. The number of amides is 3. The number of nitrogens with zero attached hydrogens (tertiary/aromatic N) is 3. The first-order chi connectivity index (χ1) is 13.6. The first-order valence-corrected chi connectivity index (χ1v) is 9.89. The number of rotatable bonds is 5. The lowest BCUT2D eigenvalue weighted by Crippen LogP contribution is -2.45. The standard InChI is InChI=1S/C21H26N4O3/c1-24-11-12-25(21(24)27)14-20(26)23-16-5-7-17(8-6-16)28-19-4-2-3-15-13-22-10-9-18(15)19/h2-4,9-10,13,16-17H,5-8,11-12,14H2,1H3,(H,23,26). The number of carbonyl (C=O) groups excluding carboxylic acids is 2. The Morgan fingerprint density at radius 2 is 2.04 bits per heavy atom. The summed E-state index contributed by atoms with van der Waals surface area (Å²) in [6.07, 6.45) is 7.35. The molecule has 1 aromatic carbocycles. The lowest BCUT2D eigenvalue weighted by atomic mass is 9.93. The first kappa shape index (κ1) is 18.5. The van der Waals surface area contributed by atoms with Gasteiger partial charge in [-0.1, -0.05) is 12.1 Å². The van der Waals surface area contributed by atoms with Gasteiger partial charge in [-0.05, 0) is 37.8 Å². The molecule has 1 saturated heterocycles.